The Bertz CT molecular complexity index is 1280. The Morgan fingerprint density at radius 3 is 2.67 bits per heavy atom. The number of rotatable bonds is 4. The summed E-state index contributed by atoms with van der Waals surface area (Å²) in [6, 6.07) is 13.1. The number of ketones is 1. The Morgan fingerprint density at radius 2 is 1.96 bits per heavy atom. The predicted molar refractivity (Wildman–Crippen MR) is 115 cm³/mol. The summed E-state index contributed by atoms with van der Waals surface area (Å²) >= 11 is 8.22. The lowest BCUT2D eigenvalue weighted by molar-refractivity contribution is 0.105. The molecule has 4 aromatic rings. The number of nitrogens with one attached hydrogen (secondary N) is 1. The molecule has 1 N–H and O–H groups in total. The molecule has 7 heteroatoms. The number of aromatic nitrogens is 2. The molecule has 4 rings (SSSR count). The highest BCUT2D eigenvalue weighted by molar-refractivity contribution is 7.71. The van der Waals surface area contributed by atoms with Gasteiger partial charge in [0.25, 0.3) is 5.56 Å². The molecule has 0 aliphatic carbocycles. The lowest BCUT2D eigenvalue weighted by Gasteiger charge is -2.06. The molecule has 0 bridgehead atoms. The van der Waals surface area contributed by atoms with Gasteiger partial charge in [0, 0.05) is 4.88 Å². The fourth-order valence-electron chi connectivity index (χ4n) is 2.88. The zero-order valence-corrected chi connectivity index (χ0v) is 16.7. The topological polar surface area (TPSA) is 54.9 Å². The Hall–Kier alpha value is -2.61. The number of carbonyl (C=O) groups is 1. The number of aromatic amines is 1. The van der Waals surface area contributed by atoms with E-state index in [0.29, 0.717) is 31.1 Å². The molecule has 1 aromatic carbocycles. The van der Waals surface area contributed by atoms with Crippen LogP contribution in [0.5, 0.6) is 0 Å². The number of benzene rings is 1. The van der Waals surface area contributed by atoms with E-state index in [-0.39, 0.29) is 11.3 Å². The molecule has 3 aromatic heterocycles. The van der Waals surface area contributed by atoms with Gasteiger partial charge in [-0.3, -0.25) is 14.2 Å². The molecule has 0 saturated carbocycles. The van der Waals surface area contributed by atoms with Crippen LogP contribution in [-0.4, -0.2) is 15.3 Å². The molecule has 0 aliphatic heterocycles. The molecule has 3 heterocycles. The van der Waals surface area contributed by atoms with Crippen molar-refractivity contribution in [1.82, 2.24) is 9.55 Å². The van der Waals surface area contributed by atoms with E-state index in [2.05, 4.69) is 4.98 Å². The lowest BCUT2D eigenvalue weighted by Crippen LogP contribution is -2.20. The quantitative estimate of drug-likeness (QED) is 0.279. The number of para-hydroxylation sites is 1. The summed E-state index contributed by atoms with van der Waals surface area (Å²) in [6.07, 6.45) is 3.34. The molecule has 0 amide bonds. The second-order valence-corrected chi connectivity index (χ2v) is 8.27. The molecule has 27 heavy (non-hydrogen) atoms. The summed E-state index contributed by atoms with van der Waals surface area (Å²) in [5.41, 5.74) is 1.16. The average Bonchev–Trinajstić information content (AvgIpc) is 3.28. The van der Waals surface area contributed by atoms with E-state index in [1.165, 1.54) is 15.9 Å². The molecule has 0 atom stereocenters. The first kappa shape index (κ1) is 17.8. The first-order valence-corrected chi connectivity index (χ1v) is 10.3. The lowest BCUT2D eigenvalue weighted by atomic mass is 10.1. The van der Waals surface area contributed by atoms with Gasteiger partial charge in [-0.05, 0) is 60.4 Å². The van der Waals surface area contributed by atoms with Crippen molar-refractivity contribution in [1.29, 1.82) is 0 Å². The smallest absolute Gasteiger partial charge is 0.267 e. The van der Waals surface area contributed by atoms with E-state index in [1.807, 2.05) is 47.8 Å². The van der Waals surface area contributed by atoms with Crippen molar-refractivity contribution >= 4 is 57.0 Å². The first-order valence-electron chi connectivity index (χ1n) is 8.16. The van der Waals surface area contributed by atoms with Crippen molar-refractivity contribution in [3.05, 3.63) is 84.4 Å². The summed E-state index contributed by atoms with van der Waals surface area (Å²) in [5, 5.41) is 2.46. The minimum atomic E-state index is -0.213. The van der Waals surface area contributed by atoms with Gasteiger partial charge in [-0.25, -0.2) is 0 Å². The zero-order valence-electron chi connectivity index (χ0n) is 14.3. The van der Waals surface area contributed by atoms with Gasteiger partial charge >= 0.3 is 0 Å². The zero-order chi connectivity index (χ0) is 19.0. The van der Waals surface area contributed by atoms with Crippen molar-refractivity contribution in [2.75, 3.05) is 0 Å². The van der Waals surface area contributed by atoms with E-state index in [9.17, 15) is 9.59 Å². The normalized spacial score (nSPS) is 11.4. The summed E-state index contributed by atoms with van der Waals surface area (Å²) in [7, 11) is 0. The van der Waals surface area contributed by atoms with Gasteiger partial charge in [0.1, 0.15) is 4.83 Å². The Labute approximate surface area is 168 Å². The number of hydrogen-bond acceptors (Lipinski definition) is 5. The summed E-state index contributed by atoms with van der Waals surface area (Å²) in [6.45, 7) is 1.80. The van der Waals surface area contributed by atoms with Crippen LogP contribution in [0.1, 0.15) is 20.1 Å². The summed E-state index contributed by atoms with van der Waals surface area (Å²) in [5.74, 6) is -0.118. The van der Waals surface area contributed by atoms with E-state index in [0.717, 1.165) is 4.88 Å². The standard InChI is InChI=1S/C20H14N2O2S3/c1-12-16-18(27-17(12)15(23)10-9-14-8-5-11-26-14)21-20(25)22(19(16)24)13-6-3-2-4-7-13/h2-11H,1H3,(H,21,25)/b10-9+. The van der Waals surface area contributed by atoms with Crippen LogP contribution in [0, 0.1) is 11.7 Å². The van der Waals surface area contributed by atoms with Crippen molar-refractivity contribution in [3.8, 4) is 5.69 Å². The number of thiophene rings is 2. The number of allylic oxidation sites excluding steroid dienone is 1. The van der Waals surface area contributed by atoms with Crippen LogP contribution in [-0.2, 0) is 0 Å². The molecular formula is C20H14N2O2S3. The molecule has 0 unspecified atom stereocenters. The van der Waals surface area contributed by atoms with Gasteiger partial charge in [-0.2, -0.15) is 0 Å². The van der Waals surface area contributed by atoms with Gasteiger partial charge in [0.05, 0.1) is 16.0 Å². The number of fused-ring (bicyclic) bond motifs is 1. The Morgan fingerprint density at radius 1 is 1.19 bits per heavy atom. The summed E-state index contributed by atoms with van der Waals surface area (Å²) < 4.78 is 1.78. The maximum Gasteiger partial charge on any atom is 0.267 e. The predicted octanol–water partition coefficient (Wildman–Crippen LogP) is 5.38. The van der Waals surface area contributed by atoms with Crippen LogP contribution in [0.25, 0.3) is 22.0 Å². The van der Waals surface area contributed by atoms with Gasteiger partial charge in [-0.15, -0.1) is 22.7 Å². The third kappa shape index (κ3) is 3.25. The van der Waals surface area contributed by atoms with Crippen LogP contribution in [0.15, 0.2) is 58.7 Å². The largest absolute Gasteiger partial charge is 0.323 e. The van der Waals surface area contributed by atoms with Crippen molar-refractivity contribution in [3.63, 3.8) is 0 Å². The highest BCUT2D eigenvalue weighted by atomic mass is 32.1. The second-order valence-electron chi connectivity index (χ2n) is 5.88. The van der Waals surface area contributed by atoms with Crippen molar-refractivity contribution in [2.24, 2.45) is 0 Å². The maximum atomic E-state index is 13.1. The third-order valence-electron chi connectivity index (χ3n) is 4.17. The van der Waals surface area contributed by atoms with E-state index < -0.39 is 0 Å². The van der Waals surface area contributed by atoms with Crippen LogP contribution < -0.4 is 5.56 Å². The monoisotopic (exact) mass is 410 g/mol. The van der Waals surface area contributed by atoms with Crippen LogP contribution in [0.4, 0.5) is 0 Å². The highest BCUT2D eigenvalue weighted by Crippen LogP contribution is 2.28. The molecule has 4 nitrogen and oxygen atoms in total. The number of carbonyl (C=O) groups excluding carboxylic acids is 1. The van der Waals surface area contributed by atoms with Crippen LogP contribution in [0.3, 0.4) is 0 Å². The van der Waals surface area contributed by atoms with Crippen LogP contribution in [0.2, 0.25) is 0 Å². The van der Waals surface area contributed by atoms with Gasteiger partial charge < -0.3 is 4.98 Å². The Balaban J connectivity index is 1.85. The maximum absolute atomic E-state index is 13.1. The molecular weight excluding hydrogens is 396 g/mol. The summed E-state index contributed by atoms with van der Waals surface area (Å²) in [4.78, 5) is 31.1. The molecule has 134 valence electrons. The number of aryl methyl sites for hydroxylation is 1. The second kappa shape index (κ2) is 7.19. The molecule has 0 fully saturated rings. The van der Waals surface area contributed by atoms with E-state index in [1.54, 1.807) is 30.4 Å². The van der Waals surface area contributed by atoms with Gasteiger partial charge in [0.2, 0.25) is 0 Å². The SMILES string of the molecule is Cc1c(C(=O)/C=C/c2cccs2)sc2[nH]c(=S)n(-c3ccccc3)c(=O)c12. The van der Waals surface area contributed by atoms with Crippen molar-refractivity contribution in [2.45, 2.75) is 6.92 Å². The van der Waals surface area contributed by atoms with Gasteiger partial charge in [-0.1, -0.05) is 24.3 Å². The van der Waals surface area contributed by atoms with Crippen molar-refractivity contribution < 1.29 is 4.79 Å². The van der Waals surface area contributed by atoms with Crippen LogP contribution >= 0.6 is 34.9 Å². The number of hydrogen-bond donors (Lipinski definition) is 1. The average molecular weight is 411 g/mol. The minimum absolute atomic E-state index is 0.118. The fraction of sp³-hybridized carbons (Fsp3) is 0.0500. The molecule has 0 radical (unpaired) electrons. The molecule has 0 spiro atoms. The minimum Gasteiger partial charge on any atom is -0.323 e. The van der Waals surface area contributed by atoms with E-state index >= 15 is 0 Å². The molecule has 0 saturated heterocycles. The van der Waals surface area contributed by atoms with E-state index in [4.69, 9.17) is 12.2 Å². The van der Waals surface area contributed by atoms with Gasteiger partial charge in [0.15, 0.2) is 10.6 Å². The Kier molecular flexibility index (Phi) is 4.73. The highest BCUT2D eigenvalue weighted by Gasteiger charge is 2.18. The first-order chi connectivity index (χ1) is 13.1. The fourth-order valence-corrected chi connectivity index (χ4v) is 4.97. The third-order valence-corrected chi connectivity index (χ3v) is 6.51. The number of nitrogens with zero attached hydrogens (tertiary/aromatic N) is 1. The molecule has 0 aliphatic rings. The number of H-pyrrole nitrogens is 1.